The summed E-state index contributed by atoms with van der Waals surface area (Å²) in [5.41, 5.74) is 0. The van der Waals surface area contributed by atoms with Gasteiger partial charge in [-0.2, -0.15) is 0 Å². The molecule has 0 bridgehead atoms. The van der Waals surface area contributed by atoms with Crippen molar-refractivity contribution >= 4 is 17.8 Å². The summed E-state index contributed by atoms with van der Waals surface area (Å²) >= 11 is 0. The summed E-state index contributed by atoms with van der Waals surface area (Å²) < 4.78 is 0. The molecule has 0 aliphatic carbocycles. The van der Waals surface area contributed by atoms with E-state index in [0.29, 0.717) is 19.2 Å². The summed E-state index contributed by atoms with van der Waals surface area (Å²) in [7, 11) is 0. The van der Waals surface area contributed by atoms with Gasteiger partial charge in [-0.05, 0) is 19.5 Å². The maximum Gasteiger partial charge on any atom is 0.328 e. The van der Waals surface area contributed by atoms with E-state index >= 15 is 0 Å². The molecule has 0 saturated carbocycles. The first kappa shape index (κ1) is 15.1. The number of carboxylic acid groups (broad SMARTS) is 2. The van der Waals surface area contributed by atoms with Gasteiger partial charge < -0.3 is 20.8 Å². The maximum absolute atomic E-state index is 11.2. The van der Waals surface area contributed by atoms with Crippen LogP contribution in [0.2, 0.25) is 0 Å². The van der Waals surface area contributed by atoms with Crippen LogP contribution in [0.1, 0.15) is 13.3 Å². The van der Waals surface area contributed by atoms with Gasteiger partial charge in [0, 0.05) is 12.2 Å². The van der Waals surface area contributed by atoms with Crippen molar-refractivity contribution in [3.63, 3.8) is 0 Å². The van der Waals surface area contributed by atoms with E-state index in [1.807, 2.05) is 6.92 Å². The first-order valence-electron chi connectivity index (χ1n) is 5.12. The molecule has 0 spiro atoms. The number of nitrogens with one attached hydrogen (secondary N) is 2. The minimum absolute atomic E-state index is 0.232. The van der Waals surface area contributed by atoms with Gasteiger partial charge >= 0.3 is 11.9 Å². The normalized spacial score (nSPS) is 12.3. The molecule has 0 unspecified atom stereocenters. The van der Waals surface area contributed by atoms with Crippen LogP contribution in [0.5, 0.6) is 0 Å². The van der Waals surface area contributed by atoms with Gasteiger partial charge in [0.25, 0.3) is 0 Å². The summed E-state index contributed by atoms with van der Waals surface area (Å²) in [4.78, 5) is 32.1. The molecule has 4 N–H and O–H groups in total. The van der Waals surface area contributed by atoms with E-state index in [4.69, 9.17) is 10.2 Å². The van der Waals surface area contributed by atoms with E-state index in [2.05, 4.69) is 10.6 Å². The Morgan fingerprint density at radius 3 is 2.35 bits per heavy atom. The number of carboxylic acids is 2. The second kappa shape index (κ2) is 8.28. The Labute approximate surface area is 98.5 Å². The fourth-order valence-corrected chi connectivity index (χ4v) is 1.05. The highest BCUT2D eigenvalue weighted by Gasteiger charge is 2.18. The van der Waals surface area contributed by atoms with Crippen LogP contribution in [-0.2, 0) is 14.4 Å². The van der Waals surface area contributed by atoms with E-state index in [9.17, 15) is 14.4 Å². The molecule has 0 aliphatic heterocycles. The zero-order valence-corrected chi connectivity index (χ0v) is 9.47. The predicted molar refractivity (Wildman–Crippen MR) is 59.5 cm³/mol. The van der Waals surface area contributed by atoms with Crippen LogP contribution in [0.3, 0.4) is 0 Å². The molecule has 0 aromatic rings. The predicted octanol–water partition coefficient (Wildman–Crippen LogP) is -0.804. The molecule has 7 heteroatoms. The zero-order valence-electron chi connectivity index (χ0n) is 9.47. The summed E-state index contributed by atoms with van der Waals surface area (Å²) in [6, 6.07) is -1.03. The molecule has 0 heterocycles. The monoisotopic (exact) mass is 244 g/mol. The van der Waals surface area contributed by atoms with E-state index in [1.165, 1.54) is 0 Å². The van der Waals surface area contributed by atoms with Gasteiger partial charge in [0.2, 0.25) is 5.91 Å². The summed E-state index contributed by atoms with van der Waals surface area (Å²) in [6.07, 6.45) is 1.67. The number of carbonyl (C=O) groups is 3. The van der Waals surface area contributed by atoms with Crippen molar-refractivity contribution in [2.45, 2.75) is 19.4 Å². The lowest BCUT2D eigenvalue weighted by molar-refractivity contribution is -0.141. The highest BCUT2D eigenvalue weighted by Crippen LogP contribution is 1.92. The van der Waals surface area contributed by atoms with Crippen LogP contribution >= 0.6 is 0 Å². The lowest BCUT2D eigenvalue weighted by atomic mass is 10.2. The number of aliphatic carboxylic acids is 2. The minimum atomic E-state index is -1.26. The molecular weight excluding hydrogens is 228 g/mol. The average Bonchev–Trinajstić information content (AvgIpc) is 2.25. The Bertz CT molecular complexity index is 314. The third-order valence-corrected chi connectivity index (χ3v) is 1.85. The molecular formula is C10H16N2O5. The highest BCUT2D eigenvalue weighted by molar-refractivity contribution is 5.95. The number of rotatable bonds is 8. The molecule has 0 aromatic carbocycles. The Kier molecular flexibility index (Phi) is 7.36. The van der Waals surface area contributed by atoms with Gasteiger partial charge in [-0.3, -0.25) is 4.79 Å². The molecule has 0 fully saturated rings. The van der Waals surface area contributed by atoms with Crippen molar-refractivity contribution in [2.24, 2.45) is 0 Å². The number of hydrogen-bond donors (Lipinski definition) is 4. The lowest BCUT2D eigenvalue weighted by Crippen LogP contribution is -2.41. The van der Waals surface area contributed by atoms with Crippen LogP contribution < -0.4 is 10.6 Å². The highest BCUT2D eigenvalue weighted by atomic mass is 16.4. The third-order valence-electron chi connectivity index (χ3n) is 1.85. The van der Waals surface area contributed by atoms with Crippen LogP contribution in [0.25, 0.3) is 0 Å². The van der Waals surface area contributed by atoms with Crippen molar-refractivity contribution in [3.8, 4) is 0 Å². The molecule has 96 valence electrons. The fourth-order valence-electron chi connectivity index (χ4n) is 1.05. The first-order valence-corrected chi connectivity index (χ1v) is 5.12. The maximum atomic E-state index is 11.2. The molecule has 1 amide bonds. The van der Waals surface area contributed by atoms with E-state index < -0.39 is 23.9 Å². The topological polar surface area (TPSA) is 116 Å². The van der Waals surface area contributed by atoms with Crippen LogP contribution in [0.15, 0.2) is 12.2 Å². The molecule has 1 atom stereocenters. The largest absolute Gasteiger partial charge is 0.480 e. The number of amides is 1. The molecule has 17 heavy (non-hydrogen) atoms. The number of carbonyl (C=O) groups excluding carboxylic acids is 1. The van der Waals surface area contributed by atoms with Crippen molar-refractivity contribution in [1.82, 2.24) is 10.6 Å². The quantitative estimate of drug-likeness (QED) is 0.328. The van der Waals surface area contributed by atoms with Gasteiger partial charge in [0.15, 0.2) is 0 Å². The summed E-state index contributed by atoms with van der Waals surface area (Å²) in [6.45, 7) is 3.04. The minimum Gasteiger partial charge on any atom is -0.480 e. The Hall–Kier alpha value is -1.89. The Morgan fingerprint density at radius 2 is 1.88 bits per heavy atom. The first-order chi connectivity index (χ1) is 7.97. The van der Waals surface area contributed by atoms with Gasteiger partial charge in [0.05, 0.1) is 0 Å². The summed E-state index contributed by atoms with van der Waals surface area (Å²) in [5, 5.41) is 22.2. The average molecular weight is 244 g/mol. The molecule has 0 saturated heterocycles. The molecule has 0 aromatic heterocycles. The fraction of sp³-hybridized carbons (Fsp3) is 0.500. The Balaban J connectivity index is 4.20. The van der Waals surface area contributed by atoms with E-state index in [0.717, 1.165) is 6.08 Å². The second-order valence-electron chi connectivity index (χ2n) is 3.21. The zero-order chi connectivity index (χ0) is 13.3. The Morgan fingerprint density at radius 1 is 1.24 bits per heavy atom. The van der Waals surface area contributed by atoms with Gasteiger partial charge in [0.1, 0.15) is 6.04 Å². The van der Waals surface area contributed by atoms with Crippen molar-refractivity contribution in [2.75, 3.05) is 13.1 Å². The second-order valence-corrected chi connectivity index (χ2v) is 3.21. The summed E-state index contributed by atoms with van der Waals surface area (Å²) in [5.74, 6) is -3.16. The van der Waals surface area contributed by atoms with Crippen LogP contribution in [-0.4, -0.2) is 47.2 Å². The number of hydrogen-bond acceptors (Lipinski definition) is 4. The SMILES string of the molecule is CCNCC[C@H](NC(=O)/C=C\C(=O)O)C(=O)O. The lowest BCUT2D eigenvalue weighted by Gasteiger charge is -2.13. The molecule has 0 aliphatic rings. The van der Waals surface area contributed by atoms with Gasteiger partial charge in [-0.1, -0.05) is 6.92 Å². The van der Waals surface area contributed by atoms with Crippen molar-refractivity contribution in [3.05, 3.63) is 12.2 Å². The van der Waals surface area contributed by atoms with Gasteiger partial charge in [-0.25, -0.2) is 9.59 Å². The third kappa shape index (κ3) is 7.97. The van der Waals surface area contributed by atoms with Gasteiger partial charge in [-0.15, -0.1) is 0 Å². The standard InChI is InChI=1S/C10H16N2O5/c1-2-11-6-5-7(10(16)17)12-8(13)3-4-9(14)15/h3-4,7,11H,2,5-6H2,1H3,(H,12,13)(H,14,15)(H,16,17)/b4-3-/t7-/m0/s1. The molecule has 7 nitrogen and oxygen atoms in total. The van der Waals surface area contributed by atoms with Crippen molar-refractivity contribution < 1.29 is 24.6 Å². The van der Waals surface area contributed by atoms with E-state index in [1.54, 1.807) is 0 Å². The van der Waals surface area contributed by atoms with Crippen molar-refractivity contribution in [1.29, 1.82) is 0 Å². The van der Waals surface area contributed by atoms with Crippen LogP contribution in [0, 0.1) is 0 Å². The smallest absolute Gasteiger partial charge is 0.328 e. The molecule has 0 rings (SSSR count). The molecule has 0 radical (unpaired) electrons. The van der Waals surface area contributed by atoms with E-state index in [-0.39, 0.29) is 6.42 Å². The van der Waals surface area contributed by atoms with Crippen LogP contribution in [0.4, 0.5) is 0 Å².